The van der Waals surface area contributed by atoms with Crippen molar-refractivity contribution in [2.45, 2.75) is 32.4 Å². The number of carbonyl (C=O) groups is 1. The molecule has 0 aromatic heterocycles. The van der Waals surface area contributed by atoms with Gasteiger partial charge < -0.3 is 0 Å². The summed E-state index contributed by atoms with van der Waals surface area (Å²) in [5.41, 5.74) is 4.39. The molecular formula is C12H15BrN2O. The number of halogens is 1. The first kappa shape index (κ1) is 11.6. The highest BCUT2D eigenvalue weighted by Crippen LogP contribution is 2.29. The monoisotopic (exact) mass is 282 g/mol. The van der Waals surface area contributed by atoms with Gasteiger partial charge in [-0.05, 0) is 25.5 Å². The van der Waals surface area contributed by atoms with Gasteiger partial charge in [0.25, 0.3) is 0 Å². The van der Waals surface area contributed by atoms with Crippen molar-refractivity contribution in [3.63, 3.8) is 0 Å². The average molecular weight is 283 g/mol. The predicted octanol–water partition coefficient (Wildman–Crippen LogP) is 2.64. The van der Waals surface area contributed by atoms with E-state index >= 15 is 0 Å². The number of amides is 1. The first-order valence-electron chi connectivity index (χ1n) is 5.42. The van der Waals surface area contributed by atoms with E-state index in [1.165, 1.54) is 0 Å². The molecule has 1 saturated heterocycles. The van der Waals surface area contributed by atoms with Gasteiger partial charge in [0.1, 0.15) is 0 Å². The molecule has 1 aliphatic heterocycles. The van der Waals surface area contributed by atoms with Crippen LogP contribution in [0.5, 0.6) is 0 Å². The van der Waals surface area contributed by atoms with E-state index in [4.69, 9.17) is 0 Å². The fourth-order valence-electron chi connectivity index (χ4n) is 1.93. The van der Waals surface area contributed by atoms with Crippen molar-refractivity contribution in [1.82, 2.24) is 10.4 Å². The molecule has 1 aromatic carbocycles. The molecule has 1 heterocycles. The van der Waals surface area contributed by atoms with Crippen LogP contribution < -0.4 is 5.43 Å². The maximum absolute atomic E-state index is 11.8. The molecule has 1 amide bonds. The summed E-state index contributed by atoms with van der Waals surface area (Å²) in [6.07, 6.45) is 0.529. The first-order valence-corrected chi connectivity index (χ1v) is 6.21. The summed E-state index contributed by atoms with van der Waals surface area (Å²) in [7, 11) is 0. The Kier molecular flexibility index (Phi) is 3.30. The van der Waals surface area contributed by atoms with Crippen molar-refractivity contribution >= 4 is 21.8 Å². The molecule has 0 bridgehead atoms. The predicted molar refractivity (Wildman–Crippen MR) is 66.6 cm³/mol. The van der Waals surface area contributed by atoms with Crippen LogP contribution in [-0.2, 0) is 4.79 Å². The molecule has 0 saturated carbocycles. The standard InChI is InChI=1S/C12H15BrN2O/c1-8(2)15-12(16)7-11(14-15)9-5-3-4-6-10(9)13/h3-6,8,11,14H,7H2,1-2H3. The van der Waals surface area contributed by atoms with Crippen LogP contribution in [0.25, 0.3) is 0 Å². The van der Waals surface area contributed by atoms with Gasteiger partial charge in [-0.1, -0.05) is 34.1 Å². The maximum Gasteiger partial charge on any atom is 0.238 e. The Bertz CT molecular complexity index is 406. The second-order valence-electron chi connectivity index (χ2n) is 4.26. The minimum Gasteiger partial charge on any atom is -0.275 e. The van der Waals surface area contributed by atoms with Crippen molar-refractivity contribution in [3.05, 3.63) is 34.3 Å². The number of hydrogen-bond acceptors (Lipinski definition) is 2. The Morgan fingerprint density at radius 2 is 2.12 bits per heavy atom. The van der Waals surface area contributed by atoms with Crippen LogP contribution >= 0.6 is 15.9 Å². The number of hydrazine groups is 1. The van der Waals surface area contributed by atoms with Gasteiger partial charge in [-0.15, -0.1) is 0 Å². The molecule has 16 heavy (non-hydrogen) atoms. The van der Waals surface area contributed by atoms with Crippen LogP contribution in [0.1, 0.15) is 31.9 Å². The number of carbonyl (C=O) groups excluding carboxylic acids is 1. The highest BCUT2D eigenvalue weighted by Gasteiger charge is 2.32. The lowest BCUT2D eigenvalue weighted by molar-refractivity contribution is -0.131. The zero-order chi connectivity index (χ0) is 11.7. The van der Waals surface area contributed by atoms with Gasteiger partial charge in [-0.2, -0.15) is 0 Å². The average Bonchev–Trinajstić information content (AvgIpc) is 2.61. The van der Waals surface area contributed by atoms with E-state index in [0.717, 1.165) is 10.0 Å². The number of nitrogens with one attached hydrogen (secondary N) is 1. The summed E-state index contributed by atoms with van der Waals surface area (Å²) < 4.78 is 1.05. The van der Waals surface area contributed by atoms with Crippen LogP contribution in [0.3, 0.4) is 0 Å². The zero-order valence-corrected chi connectivity index (χ0v) is 11.0. The van der Waals surface area contributed by atoms with E-state index in [9.17, 15) is 4.79 Å². The molecule has 0 spiro atoms. The highest BCUT2D eigenvalue weighted by molar-refractivity contribution is 9.10. The second kappa shape index (κ2) is 4.55. The van der Waals surface area contributed by atoms with E-state index in [-0.39, 0.29) is 18.0 Å². The normalized spacial score (nSPS) is 20.9. The molecule has 4 heteroatoms. The summed E-state index contributed by atoms with van der Waals surface area (Å²) in [4.78, 5) is 11.8. The molecule has 1 atom stereocenters. The van der Waals surface area contributed by atoms with E-state index < -0.39 is 0 Å². The van der Waals surface area contributed by atoms with Gasteiger partial charge in [0, 0.05) is 16.9 Å². The number of benzene rings is 1. The summed E-state index contributed by atoms with van der Waals surface area (Å²) in [5.74, 6) is 0.163. The first-order chi connectivity index (χ1) is 7.59. The van der Waals surface area contributed by atoms with Crippen molar-refractivity contribution in [3.8, 4) is 0 Å². The fourth-order valence-corrected chi connectivity index (χ4v) is 2.49. The van der Waals surface area contributed by atoms with Gasteiger partial charge in [-0.25, -0.2) is 5.43 Å². The Morgan fingerprint density at radius 3 is 2.69 bits per heavy atom. The Labute approximate surface area is 104 Å². The molecule has 1 unspecified atom stereocenters. The molecule has 2 rings (SSSR count). The summed E-state index contributed by atoms with van der Waals surface area (Å²) in [6.45, 7) is 4.01. The van der Waals surface area contributed by atoms with Crippen molar-refractivity contribution in [2.75, 3.05) is 0 Å². The van der Waals surface area contributed by atoms with Gasteiger partial charge in [-0.3, -0.25) is 9.80 Å². The quantitative estimate of drug-likeness (QED) is 0.905. The lowest BCUT2D eigenvalue weighted by atomic mass is 10.1. The van der Waals surface area contributed by atoms with Gasteiger partial charge in [0.05, 0.1) is 6.04 Å². The van der Waals surface area contributed by atoms with Crippen LogP contribution in [0.15, 0.2) is 28.7 Å². The molecule has 0 aliphatic carbocycles. The number of nitrogens with zero attached hydrogens (tertiary/aromatic N) is 1. The fraction of sp³-hybridized carbons (Fsp3) is 0.417. The van der Waals surface area contributed by atoms with Crippen molar-refractivity contribution in [1.29, 1.82) is 0 Å². The Hall–Kier alpha value is -0.870. The number of hydrogen-bond donors (Lipinski definition) is 1. The van der Waals surface area contributed by atoms with Crippen molar-refractivity contribution in [2.24, 2.45) is 0 Å². The summed E-state index contributed by atoms with van der Waals surface area (Å²) >= 11 is 3.51. The zero-order valence-electron chi connectivity index (χ0n) is 9.40. The lowest BCUT2D eigenvalue weighted by Gasteiger charge is -2.22. The van der Waals surface area contributed by atoms with Gasteiger partial charge in [0.15, 0.2) is 0 Å². The molecule has 3 nitrogen and oxygen atoms in total. The van der Waals surface area contributed by atoms with E-state index in [1.54, 1.807) is 5.01 Å². The Balaban J connectivity index is 2.20. The SMILES string of the molecule is CC(C)N1NC(c2ccccc2Br)CC1=O. The Morgan fingerprint density at radius 1 is 1.44 bits per heavy atom. The third kappa shape index (κ3) is 2.13. The van der Waals surface area contributed by atoms with Gasteiger partial charge >= 0.3 is 0 Å². The molecule has 0 radical (unpaired) electrons. The van der Waals surface area contributed by atoms with Crippen LogP contribution in [-0.4, -0.2) is 17.0 Å². The topological polar surface area (TPSA) is 32.3 Å². The third-order valence-electron chi connectivity index (χ3n) is 2.74. The van der Waals surface area contributed by atoms with E-state index in [1.807, 2.05) is 38.1 Å². The van der Waals surface area contributed by atoms with E-state index in [0.29, 0.717) is 6.42 Å². The number of rotatable bonds is 2. The maximum atomic E-state index is 11.8. The minimum absolute atomic E-state index is 0.0884. The molecular weight excluding hydrogens is 268 g/mol. The van der Waals surface area contributed by atoms with Crippen LogP contribution in [0.4, 0.5) is 0 Å². The molecule has 1 N–H and O–H groups in total. The summed E-state index contributed by atoms with van der Waals surface area (Å²) in [6, 6.07) is 8.29. The minimum atomic E-state index is 0.0884. The second-order valence-corrected chi connectivity index (χ2v) is 5.12. The molecule has 1 fully saturated rings. The summed E-state index contributed by atoms with van der Waals surface area (Å²) in [5, 5.41) is 1.71. The smallest absolute Gasteiger partial charge is 0.238 e. The van der Waals surface area contributed by atoms with Crippen LogP contribution in [0.2, 0.25) is 0 Å². The van der Waals surface area contributed by atoms with Crippen molar-refractivity contribution < 1.29 is 4.79 Å². The largest absolute Gasteiger partial charge is 0.275 e. The van der Waals surface area contributed by atoms with E-state index in [2.05, 4.69) is 21.4 Å². The molecule has 1 aliphatic rings. The molecule has 1 aromatic rings. The lowest BCUT2D eigenvalue weighted by Crippen LogP contribution is -2.40. The highest BCUT2D eigenvalue weighted by atomic mass is 79.9. The molecule has 86 valence electrons. The van der Waals surface area contributed by atoms with Crippen LogP contribution in [0, 0.1) is 0 Å². The third-order valence-corrected chi connectivity index (χ3v) is 3.46. The van der Waals surface area contributed by atoms with Gasteiger partial charge in [0.2, 0.25) is 5.91 Å².